The summed E-state index contributed by atoms with van der Waals surface area (Å²) in [5.41, 5.74) is 1.69. The molecule has 1 N–H and O–H groups in total. The van der Waals surface area contributed by atoms with E-state index in [1.807, 2.05) is 30.3 Å². The highest BCUT2D eigenvalue weighted by Gasteiger charge is 2.21. The van der Waals surface area contributed by atoms with Crippen molar-refractivity contribution >= 4 is 34.4 Å². The molecule has 3 aromatic rings. The van der Waals surface area contributed by atoms with Crippen molar-refractivity contribution in [2.75, 3.05) is 12.4 Å². The van der Waals surface area contributed by atoms with Gasteiger partial charge in [-0.2, -0.15) is 0 Å². The van der Waals surface area contributed by atoms with Gasteiger partial charge in [0.15, 0.2) is 22.9 Å². The number of furan rings is 1. The molecule has 3 rings (SSSR count). The maximum atomic E-state index is 12.3. The van der Waals surface area contributed by atoms with Crippen LogP contribution in [0, 0.1) is 0 Å². The van der Waals surface area contributed by atoms with Gasteiger partial charge in [-0.05, 0) is 23.8 Å². The number of anilines is 1. The number of amides is 1. The van der Waals surface area contributed by atoms with Gasteiger partial charge in [0.2, 0.25) is 5.91 Å². The number of ketones is 1. The fourth-order valence-electron chi connectivity index (χ4n) is 2.53. The predicted octanol–water partition coefficient (Wildman–Crippen LogP) is 4.30. The van der Waals surface area contributed by atoms with Gasteiger partial charge in [-0.3, -0.25) is 9.59 Å². The maximum Gasteiger partial charge on any atom is 0.248 e. The van der Waals surface area contributed by atoms with Crippen molar-refractivity contribution in [3.05, 3.63) is 65.9 Å². The first kappa shape index (κ1) is 16.5. The molecule has 0 unspecified atom stereocenters. The summed E-state index contributed by atoms with van der Waals surface area (Å²) in [4.78, 5) is 24.2. The second-order valence-electron chi connectivity index (χ2n) is 5.43. The first-order valence-electron chi connectivity index (χ1n) is 7.74. The topological polar surface area (TPSA) is 68.5 Å². The maximum absolute atomic E-state index is 12.3. The lowest BCUT2D eigenvalue weighted by Crippen LogP contribution is -2.10. The van der Waals surface area contributed by atoms with Gasteiger partial charge in [0.1, 0.15) is 0 Å². The van der Waals surface area contributed by atoms with Gasteiger partial charge in [0.25, 0.3) is 0 Å². The van der Waals surface area contributed by atoms with Crippen LogP contribution in [-0.2, 0) is 4.79 Å². The van der Waals surface area contributed by atoms with E-state index in [9.17, 15) is 9.59 Å². The zero-order chi connectivity index (χ0) is 17.8. The van der Waals surface area contributed by atoms with Crippen LogP contribution >= 0.6 is 0 Å². The smallest absolute Gasteiger partial charge is 0.248 e. The molecular weight excluding hydrogens is 318 g/mol. The van der Waals surface area contributed by atoms with E-state index in [2.05, 4.69) is 5.32 Å². The molecule has 1 amide bonds. The Bertz CT molecular complexity index is 954. The summed E-state index contributed by atoms with van der Waals surface area (Å²) in [5, 5.41) is 3.36. The van der Waals surface area contributed by atoms with E-state index in [4.69, 9.17) is 9.15 Å². The molecule has 5 heteroatoms. The molecule has 0 spiro atoms. The van der Waals surface area contributed by atoms with E-state index in [1.54, 1.807) is 24.3 Å². The first-order chi connectivity index (χ1) is 12.1. The number of fused-ring (bicyclic) bond motifs is 1. The molecule has 0 aliphatic rings. The Kier molecular flexibility index (Phi) is 4.66. The van der Waals surface area contributed by atoms with Crippen molar-refractivity contribution < 1.29 is 18.7 Å². The third-order valence-corrected chi connectivity index (χ3v) is 3.69. The summed E-state index contributed by atoms with van der Waals surface area (Å²) in [6.45, 7) is 1.39. The van der Waals surface area contributed by atoms with Crippen LogP contribution in [0.4, 0.5) is 5.69 Å². The molecule has 0 saturated carbocycles. The van der Waals surface area contributed by atoms with E-state index < -0.39 is 0 Å². The second kappa shape index (κ2) is 7.05. The highest BCUT2D eigenvalue weighted by molar-refractivity contribution is 6.14. The number of hydrogen-bond acceptors (Lipinski definition) is 4. The molecular formula is C20H17NO4. The van der Waals surface area contributed by atoms with Crippen LogP contribution in [-0.4, -0.2) is 18.8 Å². The molecule has 0 aliphatic heterocycles. The Balaban J connectivity index is 1.95. The first-order valence-corrected chi connectivity index (χ1v) is 7.74. The Hall–Kier alpha value is -3.34. The van der Waals surface area contributed by atoms with Crippen molar-refractivity contribution in [2.45, 2.75) is 6.92 Å². The van der Waals surface area contributed by atoms with E-state index in [0.717, 1.165) is 5.56 Å². The minimum Gasteiger partial charge on any atom is -0.493 e. The Morgan fingerprint density at radius 3 is 2.52 bits per heavy atom. The van der Waals surface area contributed by atoms with Crippen LogP contribution in [0.25, 0.3) is 17.0 Å². The number of methoxy groups -OCH3 is 1. The molecule has 25 heavy (non-hydrogen) atoms. The molecule has 0 saturated heterocycles. The van der Waals surface area contributed by atoms with Crippen LogP contribution in [0.1, 0.15) is 23.0 Å². The van der Waals surface area contributed by atoms with Crippen molar-refractivity contribution in [3.63, 3.8) is 0 Å². The molecule has 1 aromatic heterocycles. The zero-order valence-corrected chi connectivity index (χ0v) is 13.9. The molecule has 0 atom stereocenters. The Morgan fingerprint density at radius 2 is 1.84 bits per heavy atom. The van der Waals surface area contributed by atoms with Crippen molar-refractivity contribution in [1.29, 1.82) is 0 Å². The van der Waals surface area contributed by atoms with Crippen LogP contribution in [0.2, 0.25) is 0 Å². The number of nitrogens with one attached hydrogen (secondary N) is 1. The number of carbonyl (C=O) groups is 2. The number of hydrogen-bond donors (Lipinski definition) is 1. The SMILES string of the molecule is COc1cccc2c(NC(=O)/C=C/c3ccccc3)c(C(C)=O)oc12. The number of rotatable bonds is 5. The van der Waals surface area contributed by atoms with E-state index in [0.29, 0.717) is 22.4 Å². The van der Waals surface area contributed by atoms with Gasteiger partial charge in [-0.25, -0.2) is 0 Å². The zero-order valence-electron chi connectivity index (χ0n) is 13.9. The third-order valence-electron chi connectivity index (χ3n) is 3.69. The van der Waals surface area contributed by atoms with Gasteiger partial charge < -0.3 is 14.5 Å². The Labute approximate surface area is 144 Å². The van der Waals surface area contributed by atoms with Gasteiger partial charge in [-0.15, -0.1) is 0 Å². The number of ether oxygens (including phenoxy) is 1. The summed E-state index contributed by atoms with van der Waals surface area (Å²) in [6, 6.07) is 14.7. The number of benzene rings is 2. The van der Waals surface area contributed by atoms with Crippen LogP contribution < -0.4 is 10.1 Å². The van der Waals surface area contributed by atoms with Gasteiger partial charge >= 0.3 is 0 Å². The lowest BCUT2D eigenvalue weighted by molar-refractivity contribution is -0.111. The minimum absolute atomic E-state index is 0.0981. The second-order valence-corrected chi connectivity index (χ2v) is 5.43. The average molecular weight is 335 g/mol. The Morgan fingerprint density at radius 1 is 1.08 bits per heavy atom. The molecule has 0 fully saturated rings. The highest BCUT2D eigenvalue weighted by Crippen LogP contribution is 2.36. The molecule has 0 bridgehead atoms. The fourth-order valence-corrected chi connectivity index (χ4v) is 2.53. The average Bonchev–Trinajstić information content (AvgIpc) is 3.00. The largest absolute Gasteiger partial charge is 0.493 e. The molecule has 0 radical (unpaired) electrons. The van der Waals surface area contributed by atoms with Gasteiger partial charge in [0.05, 0.1) is 12.8 Å². The van der Waals surface area contributed by atoms with Crippen LogP contribution in [0.3, 0.4) is 0 Å². The monoisotopic (exact) mass is 335 g/mol. The third kappa shape index (κ3) is 3.45. The van der Waals surface area contributed by atoms with Crippen molar-refractivity contribution in [2.24, 2.45) is 0 Å². The summed E-state index contributed by atoms with van der Waals surface area (Å²) >= 11 is 0. The summed E-state index contributed by atoms with van der Waals surface area (Å²) in [7, 11) is 1.52. The van der Waals surface area contributed by atoms with Gasteiger partial charge in [0, 0.05) is 18.4 Å². The summed E-state index contributed by atoms with van der Waals surface area (Å²) in [6.07, 6.45) is 3.11. The molecule has 2 aromatic carbocycles. The number of carbonyl (C=O) groups excluding carboxylic acids is 2. The summed E-state index contributed by atoms with van der Waals surface area (Å²) in [5.74, 6) is -0.0289. The fraction of sp³-hybridized carbons (Fsp3) is 0.100. The molecule has 0 aliphatic carbocycles. The van der Waals surface area contributed by atoms with Crippen molar-refractivity contribution in [1.82, 2.24) is 0 Å². The lowest BCUT2D eigenvalue weighted by atomic mass is 10.1. The van der Waals surface area contributed by atoms with Crippen molar-refractivity contribution in [3.8, 4) is 5.75 Å². The predicted molar refractivity (Wildman–Crippen MR) is 96.9 cm³/mol. The standard InChI is InChI=1S/C20H17NO4/c1-13(22)19-18(15-9-6-10-16(24-2)20(15)25-19)21-17(23)12-11-14-7-4-3-5-8-14/h3-12H,1-2H3,(H,21,23)/b12-11+. The molecule has 5 nitrogen and oxygen atoms in total. The number of para-hydroxylation sites is 1. The quantitative estimate of drug-likeness (QED) is 0.558. The van der Waals surface area contributed by atoms with Gasteiger partial charge in [-0.1, -0.05) is 36.4 Å². The highest BCUT2D eigenvalue weighted by atomic mass is 16.5. The minimum atomic E-state index is -0.350. The van der Waals surface area contributed by atoms with E-state index in [1.165, 1.54) is 20.1 Å². The van der Waals surface area contributed by atoms with E-state index >= 15 is 0 Å². The van der Waals surface area contributed by atoms with Crippen LogP contribution in [0.5, 0.6) is 5.75 Å². The normalized spacial score (nSPS) is 11.0. The number of Topliss-reactive ketones (excluding diaryl/α,β-unsaturated/α-hetero) is 1. The molecule has 126 valence electrons. The lowest BCUT2D eigenvalue weighted by Gasteiger charge is -2.02. The van der Waals surface area contributed by atoms with Crippen LogP contribution in [0.15, 0.2) is 59.0 Å². The summed E-state index contributed by atoms with van der Waals surface area (Å²) < 4.78 is 10.9. The molecule has 1 heterocycles. The van der Waals surface area contributed by atoms with E-state index in [-0.39, 0.29) is 17.5 Å².